The largest absolute Gasteiger partial charge is 0.322 e. The van der Waals surface area contributed by atoms with Crippen LogP contribution in [0.15, 0.2) is 48.5 Å². The number of halogens is 2. The van der Waals surface area contributed by atoms with Crippen LogP contribution in [0.25, 0.3) is 11.3 Å². The van der Waals surface area contributed by atoms with Crippen LogP contribution in [-0.2, 0) is 0 Å². The van der Waals surface area contributed by atoms with Crippen molar-refractivity contribution in [2.45, 2.75) is 6.92 Å². The van der Waals surface area contributed by atoms with Gasteiger partial charge in [0.1, 0.15) is 0 Å². The highest BCUT2D eigenvalue weighted by Gasteiger charge is 2.11. The molecule has 0 atom stereocenters. The molecule has 0 unspecified atom stereocenters. The molecule has 6 heteroatoms. The molecule has 0 bridgehead atoms. The zero-order valence-electron chi connectivity index (χ0n) is 12.2. The van der Waals surface area contributed by atoms with Gasteiger partial charge in [0.05, 0.1) is 5.69 Å². The maximum atomic E-state index is 13.2. The molecule has 3 rings (SSSR count). The first-order valence-corrected chi connectivity index (χ1v) is 6.92. The topological polar surface area (TPSA) is 57.8 Å². The number of amides is 1. The minimum absolute atomic E-state index is 0.0462. The third kappa shape index (κ3) is 3.26. The van der Waals surface area contributed by atoms with Crippen LogP contribution in [0.1, 0.15) is 16.1 Å². The van der Waals surface area contributed by atoms with E-state index in [1.807, 2.05) is 19.1 Å². The zero-order chi connectivity index (χ0) is 16.4. The third-order valence-electron chi connectivity index (χ3n) is 3.30. The average molecular weight is 313 g/mol. The monoisotopic (exact) mass is 313 g/mol. The first-order valence-electron chi connectivity index (χ1n) is 6.92. The van der Waals surface area contributed by atoms with Crippen LogP contribution < -0.4 is 5.32 Å². The Hall–Kier alpha value is -3.02. The number of benzene rings is 2. The molecule has 0 spiro atoms. The van der Waals surface area contributed by atoms with Gasteiger partial charge in [-0.3, -0.25) is 9.89 Å². The van der Waals surface area contributed by atoms with Crippen LogP contribution in [0.5, 0.6) is 0 Å². The van der Waals surface area contributed by atoms with Crippen molar-refractivity contribution in [1.29, 1.82) is 0 Å². The maximum Gasteiger partial charge on any atom is 0.255 e. The highest BCUT2D eigenvalue weighted by molar-refractivity contribution is 6.04. The summed E-state index contributed by atoms with van der Waals surface area (Å²) in [6, 6.07) is 12.0. The Balaban J connectivity index is 1.82. The van der Waals surface area contributed by atoms with E-state index in [1.54, 1.807) is 18.2 Å². The lowest BCUT2D eigenvalue weighted by atomic mass is 10.1. The van der Waals surface area contributed by atoms with Gasteiger partial charge in [0.25, 0.3) is 5.91 Å². The maximum absolute atomic E-state index is 13.2. The molecule has 4 nitrogen and oxygen atoms in total. The standard InChI is InChI=1S/C17H13F2N3O/c1-10-7-16(22-21-10)11-3-2-4-13(8-11)20-17(23)12-5-6-14(18)15(19)9-12/h2-9H,1H3,(H,20,23)(H,21,22). The Labute approximate surface area is 131 Å². The minimum Gasteiger partial charge on any atom is -0.322 e. The molecular formula is C17H13F2N3O. The van der Waals surface area contributed by atoms with Gasteiger partial charge in [-0.1, -0.05) is 12.1 Å². The average Bonchev–Trinajstić information content (AvgIpc) is 2.97. The first kappa shape index (κ1) is 14.9. The number of carbonyl (C=O) groups is 1. The Morgan fingerprint density at radius 1 is 1.09 bits per heavy atom. The summed E-state index contributed by atoms with van der Waals surface area (Å²) in [6.07, 6.45) is 0. The fourth-order valence-corrected chi connectivity index (χ4v) is 2.16. The Morgan fingerprint density at radius 2 is 1.91 bits per heavy atom. The van der Waals surface area contributed by atoms with Crippen LogP contribution in [0.2, 0.25) is 0 Å². The molecule has 1 amide bonds. The molecule has 1 aromatic heterocycles. The van der Waals surface area contributed by atoms with Gasteiger partial charge in [-0.05, 0) is 43.3 Å². The van der Waals surface area contributed by atoms with Crippen LogP contribution in [0, 0.1) is 18.6 Å². The van der Waals surface area contributed by atoms with Gasteiger partial charge in [-0.2, -0.15) is 5.10 Å². The quantitative estimate of drug-likeness (QED) is 0.770. The number of hydrogen-bond acceptors (Lipinski definition) is 2. The van der Waals surface area contributed by atoms with Gasteiger partial charge in [0.2, 0.25) is 0 Å². The normalized spacial score (nSPS) is 10.6. The predicted octanol–water partition coefficient (Wildman–Crippen LogP) is 3.92. The summed E-state index contributed by atoms with van der Waals surface area (Å²) < 4.78 is 26.1. The summed E-state index contributed by atoms with van der Waals surface area (Å²) in [7, 11) is 0. The third-order valence-corrected chi connectivity index (χ3v) is 3.30. The number of nitrogens with one attached hydrogen (secondary N) is 2. The second-order valence-corrected chi connectivity index (χ2v) is 5.10. The molecule has 0 saturated heterocycles. The summed E-state index contributed by atoms with van der Waals surface area (Å²) in [6.45, 7) is 1.89. The SMILES string of the molecule is Cc1cc(-c2cccc(NC(=O)c3ccc(F)c(F)c3)c2)n[nH]1. The van der Waals surface area contributed by atoms with E-state index < -0.39 is 17.5 Å². The highest BCUT2D eigenvalue weighted by Crippen LogP contribution is 2.22. The lowest BCUT2D eigenvalue weighted by molar-refractivity contribution is 0.102. The number of anilines is 1. The van der Waals surface area contributed by atoms with Crippen LogP contribution in [0.3, 0.4) is 0 Å². The van der Waals surface area contributed by atoms with E-state index in [9.17, 15) is 13.6 Å². The van der Waals surface area contributed by atoms with Crippen molar-refractivity contribution in [3.05, 3.63) is 71.4 Å². The molecule has 3 aromatic rings. The summed E-state index contributed by atoms with van der Waals surface area (Å²) in [5, 5.41) is 9.66. The van der Waals surface area contributed by atoms with Gasteiger partial charge >= 0.3 is 0 Å². The van der Waals surface area contributed by atoms with E-state index >= 15 is 0 Å². The fraction of sp³-hybridized carbons (Fsp3) is 0.0588. The van der Waals surface area contributed by atoms with E-state index in [0.717, 1.165) is 29.1 Å². The molecule has 23 heavy (non-hydrogen) atoms. The van der Waals surface area contributed by atoms with Crippen molar-refractivity contribution in [1.82, 2.24) is 10.2 Å². The van der Waals surface area contributed by atoms with Gasteiger partial charge < -0.3 is 5.32 Å². The number of aromatic nitrogens is 2. The number of nitrogens with zero attached hydrogens (tertiary/aromatic N) is 1. The fourth-order valence-electron chi connectivity index (χ4n) is 2.16. The summed E-state index contributed by atoms with van der Waals surface area (Å²) >= 11 is 0. The lowest BCUT2D eigenvalue weighted by Crippen LogP contribution is -2.12. The van der Waals surface area contributed by atoms with Gasteiger partial charge in [0.15, 0.2) is 11.6 Å². The smallest absolute Gasteiger partial charge is 0.255 e. The van der Waals surface area contributed by atoms with E-state index in [1.165, 1.54) is 6.07 Å². The molecule has 0 radical (unpaired) electrons. The number of rotatable bonds is 3. The second kappa shape index (κ2) is 6.00. The number of aromatic amines is 1. The Kier molecular flexibility index (Phi) is 3.89. The number of aryl methyl sites for hydroxylation is 1. The lowest BCUT2D eigenvalue weighted by Gasteiger charge is -2.07. The molecule has 2 aromatic carbocycles. The summed E-state index contributed by atoms with van der Waals surface area (Å²) in [5.74, 6) is -2.56. The molecule has 1 heterocycles. The molecule has 0 aliphatic carbocycles. The molecular weight excluding hydrogens is 300 g/mol. The van der Waals surface area contributed by atoms with Crippen molar-refractivity contribution >= 4 is 11.6 Å². The molecule has 0 saturated carbocycles. The molecule has 116 valence electrons. The molecule has 0 aliphatic heterocycles. The van der Waals surface area contributed by atoms with E-state index in [4.69, 9.17) is 0 Å². The predicted molar refractivity (Wildman–Crippen MR) is 83.1 cm³/mol. The number of carbonyl (C=O) groups excluding carboxylic acids is 1. The van der Waals surface area contributed by atoms with Crippen molar-refractivity contribution < 1.29 is 13.6 Å². The van der Waals surface area contributed by atoms with E-state index in [0.29, 0.717) is 5.69 Å². The number of H-pyrrole nitrogens is 1. The van der Waals surface area contributed by atoms with Crippen LogP contribution in [0.4, 0.5) is 14.5 Å². The number of hydrogen-bond donors (Lipinski definition) is 2. The summed E-state index contributed by atoms with van der Waals surface area (Å²) in [5.41, 5.74) is 3.10. The van der Waals surface area contributed by atoms with Crippen molar-refractivity contribution in [3.63, 3.8) is 0 Å². The zero-order valence-corrected chi connectivity index (χ0v) is 12.2. The Bertz CT molecular complexity index is 874. The van der Waals surface area contributed by atoms with E-state index in [2.05, 4.69) is 15.5 Å². The Morgan fingerprint density at radius 3 is 2.61 bits per heavy atom. The molecule has 0 fully saturated rings. The highest BCUT2D eigenvalue weighted by atomic mass is 19.2. The second-order valence-electron chi connectivity index (χ2n) is 5.10. The van der Waals surface area contributed by atoms with Gasteiger partial charge in [0, 0.05) is 22.5 Å². The van der Waals surface area contributed by atoms with E-state index in [-0.39, 0.29) is 5.56 Å². The van der Waals surface area contributed by atoms with Crippen LogP contribution in [-0.4, -0.2) is 16.1 Å². The van der Waals surface area contributed by atoms with Crippen molar-refractivity contribution in [2.24, 2.45) is 0 Å². The minimum atomic E-state index is -1.06. The summed E-state index contributed by atoms with van der Waals surface area (Å²) in [4.78, 5) is 12.1. The first-order chi connectivity index (χ1) is 11.0. The molecule has 2 N–H and O–H groups in total. The van der Waals surface area contributed by atoms with Crippen molar-refractivity contribution in [3.8, 4) is 11.3 Å². The van der Waals surface area contributed by atoms with Crippen LogP contribution >= 0.6 is 0 Å². The van der Waals surface area contributed by atoms with Gasteiger partial charge in [-0.15, -0.1) is 0 Å². The molecule has 0 aliphatic rings. The van der Waals surface area contributed by atoms with Crippen molar-refractivity contribution in [2.75, 3.05) is 5.32 Å². The van der Waals surface area contributed by atoms with Gasteiger partial charge in [-0.25, -0.2) is 8.78 Å².